The predicted octanol–water partition coefficient (Wildman–Crippen LogP) is 3.84. The fraction of sp³-hybridized carbons (Fsp3) is 0.350. The van der Waals surface area contributed by atoms with E-state index in [4.69, 9.17) is 4.74 Å². The molecule has 1 heterocycles. The number of amides is 1. The van der Waals surface area contributed by atoms with E-state index < -0.39 is 31.3 Å². The molecule has 0 fully saturated rings. The van der Waals surface area contributed by atoms with Crippen molar-refractivity contribution in [2.75, 3.05) is 13.2 Å². The van der Waals surface area contributed by atoms with Gasteiger partial charge in [0.15, 0.2) is 13.2 Å². The maximum atomic E-state index is 12.1. The van der Waals surface area contributed by atoms with Gasteiger partial charge in [0.1, 0.15) is 0 Å². The summed E-state index contributed by atoms with van der Waals surface area (Å²) in [6, 6.07) is 11.6. The largest absolute Gasteiger partial charge is 0.468 e. The number of benzene rings is 1. The fourth-order valence-electron chi connectivity index (χ4n) is 2.49. The summed E-state index contributed by atoms with van der Waals surface area (Å²) in [5.41, 5.74) is 0.943. The second-order valence-electron chi connectivity index (χ2n) is 6.18. The maximum Gasteiger partial charge on any atom is 0.422 e. The average molecular weight is 410 g/mol. The number of carbonyl (C=O) groups is 2. The van der Waals surface area contributed by atoms with Gasteiger partial charge in [-0.25, -0.2) is 9.78 Å². The Hall–Kier alpha value is -3.10. The van der Waals surface area contributed by atoms with Crippen LogP contribution in [0.3, 0.4) is 0 Å². The Labute approximate surface area is 166 Å². The van der Waals surface area contributed by atoms with Gasteiger partial charge in [-0.05, 0) is 18.1 Å². The summed E-state index contributed by atoms with van der Waals surface area (Å²) in [7, 11) is 0. The van der Waals surface area contributed by atoms with Crippen LogP contribution in [-0.4, -0.2) is 36.3 Å². The molecule has 0 radical (unpaired) electrons. The molecule has 0 saturated carbocycles. The van der Waals surface area contributed by atoms with Crippen molar-refractivity contribution in [2.45, 2.75) is 32.0 Å². The second kappa shape index (κ2) is 10.4. The van der Waals surface area contributed by atoms with E-state index in [0.717, 1.165) is 30.7 Å². The number of rotatable bonds is 9. The normalized spacial score (nSPS) is 12.1. The number of hydrogen-bond acceptors (Lipinski definition) is 5. The molecule has 9 heteroatoms. The van der Waals surface area contributed by atoms with Crippen molar-refractivity contribution in [1.82, 2.24) is 10.3 Å². The molecule has 6 nitrogen and oxygen atoms in total. The first-order valence-corrected chi connectivity index (χ1v) is 8.95. The number of nitrogens with one attached hydrogen (secondary N) is 1. The Kier molecular flexibility index (Phi) is 7.99. The smallest absolute Gasteiger partial charge is 0.422 e. The number of nitrogens with zero attached hydrogens (tertiary/aromatic N) is 1. The van der Waals surface area contributed by atoms with Gasteiger partial charge >= 0.3 is 12.1 Å². The van der Waals surface area contributed by atoms with Crippen molar-refractivity contribution >= 4 is 11.9 Å². The molecule has 29 heavy (non-hydrogen) atoms. The molecule has 0 aliphatic rings. The molecule has 0 bridgehead atoms. The van der Waals surface area contributed by atoms with Crippen LogP contribution < -0.4 is 10.1 Å². The van der Waals surface area contributed by atoms with E-state index in [-0.39, 0.29) is 17.5 Å². The monoisotopic (exact) mass is 410 g/mol. The van der Waals surface area contributed by atoms with Crippen LogP contribution in [0.1, 0.15) is 41.7 Å². The van der Waals surface area contributed by atoms with Crippen LogP contribution in [0, 0.1) is 0 Å². The Morgan fingerprint density at radius 3 is 2.45 bits per heavy atom. The van der Waals surface area contributed by atoms with Crippen molar-refractivity contribution in [1.29, 1.82) is 0 Å². The van der Waals surface area contributed by atoms with E-state index in [2.05, 4.69) is 15.0 Å². The predicted molar refractivity (Wildman–Crippen MR) is 98.3 cm³/mol. The van der Waals surface area contributed by atoms with Gasteiger partial charge in [0.25, 0.3) is 5.91 Å². The van der Waals surface area contributed by atoms with Gasteiger partial charge in [-0.15, -0.1) is 0 Å². The summed E-state index contributed by atoms with van der Waals surface area (Å²) >= 11 is 0. The van der Waals surface area contributed by atoms with Crippen molar-refractivity contribution in [3.05, 3.63) is 59.8 Å². The number of esters is 1. The molecule has 1 amide bonds. The van der Waals surface area contributed by atoms with Crippen molar-refractivity contribution in [2.24, 2.45) is 0 Å². The maximum absolute atomic E-state index is 12.1. The van der Waals surface area contributed by atoms with E-state index in [1.807, 2.05) is 37.3 Å². The third kappa shape index (κ3) is 7.81. The lowest BCUT2D eigenvalue weighted by Crippen LogP contribution is -2.32. The second-order valence-corrected chi connectivity index (χ2v) is 6.18. The molecule has 0 aliphatic heterocycles. The molecule has 0 aliphatic carbocycles. The topological polar surface area (TPSA) is 77.5 Å². The quantitative estimate of drug-likeness (QED) is 0.636. The molecule has 2 rings (SSSR count). The Morgan fingerprint density at radius 2 is 1.86 bits per heavy atom. The zero-order valence-electron chi connectivity index (χ0n) is 15.7. The van der Waals surface area contributed by atoms with Gasteiger partial charge in [0.05, 0.1) is 11.6 Å². The molecule has 1 atom stereocenters. The Morgan fingerprint density at radius 1 is 1.14 bits per heavy atom. The highest BCUT2D eigenvalue weighted by Gasteiger charge is 2.28. The summed E-state index contributed by atoms with van der Waals surface area (Å²) < 4.78 is 45.7. The van der Waals surface area contributed by atoms with E-state index in [9.17, 15) is 22.8 Å². The standard InChI is InChI=1S/C20H21F3N2O4/c1-2-6-16(14-7-4-3-5-8-14)25-17(26)12-28-19(27)15-9-10-18(24-11-15)29-13-20(21,22)23/h3-5,7-11,16H,2,6,12-13H2,1H3,(H,25,26). The molecular formula is C20H21F3N2O4. The number of alkyl halides is 3. The molecular weight excluding hydrogens is 389 g/mol. The summed E-state index contributed by atoms with van der Waals surface area (Å²) in [6.07, 6.45) is -1.88. The van der Waals surface area contributed by atoms with Gasteiger partial charge in [-0.1, -0.05) is 43.7 Å². The first-order valence-electron chi connectivity index (χ1n) is 8.95. The number of hydrogen-bond donors (Lipinski definition) is 1. The SMILES string of the molecule is CCCC(NC(=O)COC(=O)c1ccc(OCC(F)(F)F)nc1)c1ccccc1. The minimum Gasteiger partial charge on any atom is -0.468 e. The zero-order valence-corrected chi connectivity index (χ0v) is 15.7. The van der Waals surface area contributed by atoms with E-state index in [1.165, 1.54) is 6.07 Å². The van der Waals surface area contributed by atoms with Crippen molar-refractivity contribution in [3.8, 4) is 5.88 Å². The van der Waals surface area contributed by atoms with Crippen LogP contribution in [0.4, 0.5) is 13.2 Å². The van der Waals surface area contributed by atoms with Gasteiger partial charge in [0.2, 0.25) is 5.88 Å². The molecule has 2 aromatic rings. The third-order valence-electron chi connectivity index (χ3n) is 3.80. The summed E-state index contributed by atoms with van der Waals surface area (Å²) in [5.74, 6) is -1.55. The summed E-state index contributed by atoms with van der Waals surface area (Å²) in [5, 5.41) is 2.82. The van der Waals surface area contributed by atoms with Crippen LogP contribution in [0.25, 0.3) is 0 Å². The first-order chi connectivity index (χ1) is 13.8. The third-order valence-corrected chi connectivity index (χ3v) is 3.80. The molecule has 0 spiro atoms. The van der Waals surface area contributed by atoms with Gasteiger partial charge in [0, 0.05) is 12.3 Å². The van der Waals surface area contributed by atoms with Crippen LogP contribution in [-0.2, 0) is 9.53 Å². The van der Waals surface area contributed by atoms with Crippen LogP contribution in [0.5, 0.6) is 5.88 Å². The lowest BCUT2D eigenvalue weighted by Gasteiger charge is -2.18. The van der Waals surface area contributed by atoms with Gasteiger partial charge < -0.3 is 14.8 Å². The summed E-state index contributed by atoms with van der Waals surface area (Å²) in [6.45, 7) is 0.0275. The molecule has 1 N–H and O–H groups in total. The Bertz CT molecular complexity index is 796. The van der Waals surface area contributed by atoms with Crippen LogP contribution in [0.15, 0.2) is 48.7 Å². The Balaban J connectivity index is 1.85. The highest BCUT2D eigenvalue weighted by molar-refractivity contribution is 5.91. The number of halogens is 3. The van der Waals surface area contributed by atoms with Gasteiger partial charge in [-0.2, -0.15) is 13.2 Å². The number of carbonyl (C=O) groups excluding carboxylic acids is 2. The van der Waals surface area contributed by atoms with E-state index in [1.54, 1.807) is 0 Å². The number of pyridine rings is 1. The van der Waals surface area contributed by atoms with Crippen LogP contribution >= 0.6 is 0 Å². The molecule has 1 aromatic carbocycles. The van der Waals surface area contributed by atoms with E-state index >= 15 is 0 Å². The molecule has 1 unspecified atom stereocenters. The minimum absolute atomic E-state index is 0.00896. The van der Waals surface area contributed by atoms with Crippen LogP contribution in [0.2, 0.25) is 0 Å². The number of aromatic nitrogens is 1. The molecule has 156 valence electrons. The van der Waals surface area contributed by atoms with Gasteiger partial charge in [-0.3, -0.25) is 4.79 Å². The lowest BCUT2D eigenvalue weighted by atomic mass is 10.0. The van der Waals surface area contributed by atoms with E-state index in [0.29, 0.717) is 0 Å². The summed E-state index contributed by atoms with van der Waals surface area (Å²) in [4.78, 5) is 27.8. The fourth-order valence-corrected chi connectivity index (χ4v) is 2.49. The highest BCUT2D eigenvalue weighted by Crippen LogP contribution is 2.18. The molecule has 0 saturated heterocycles. The van der Waals surface area contributed by atoms with Crippen molar-refractivity contribution < 1.29 is 32.2 Å². The molecule has 1 aromatic heterocycles. The average Bonchev–Trinajstić information content (AvgIpc) is 2.70. The highest BCUT2D eigenvalue weighted by atomic mass is 19.4. The minimum atomic E-state index is -4.48. The first kappa shape index (κ1) is 22.2. The lowest BCUT2D eigenvalue weighted by molar-refractivity contribution is -0.154. The zero-order chi connectivity index (χ0) is 21.3. The number of ether oxygens (including phenoxy) is 2. The van der Waals surface area contributed by atoms with Crippen molar-refractivity contribution in [3.63, 3.8) is 0 Å².